The largest absolute Gasteiger partial charge is 0.496 e. The van der Waals surface area contributed by atoms with E-state index >= 15 is 0 Å². The highest BCUT2D eigenvalue weighted by atomic mass is 32.2. The van der Waals surface area contributed by atoms with Gasteiger partial charge in [-0.25, -0.2) is 0 Å². The molecule has 0 N–H and O–H groups in total. The molecule has 1 amide bonds. The number of carbonyl (C=O) groups excluding carboxylic acids is 1. The maximum atomic E-state index is 12.8. The van der Waals surface area contributed by atoms with Gasteiger partial charge < -0.3 is 9.64 Å². The lowest BCUT2D eigenvalue weighted by atomic mass is 10.2. The van der Waals surface area contributed by atoms with Crippen molar-refractivity contribution in [2.75, 3.05) is 26.0 Å². The molecule has 2 heterocycles. The molecule has 1 aliphatic heterocycles. The Morgan fingerprint density at radius 3 is 2.40 bits per heavy atom. The summed E-state index contributed by atoms with van der Waals surface area (Å²) in [6.45, 7) is 1.72. The Morgan fingerprint density at radius 2 is 1.67 bits per heavy atom. The van der Waals surface area contributed by atoms with Crippen LogP contribution < -0.4 is 4.74 Å². The van der Waals surface area contributed by atoms with Crippen molar-refractivity contribution in [2.45, 2.75) is 30.8 Å². The van der Waals surface area contributed by atoms with Crippen LogP contribution in [0.2, 0.25) is 0 Å². The zero-order valence-corrected chi connectivity index (χ0v) is 18.0. The van der Waals surface area contributed by atoms with Gasteiger partial charge in [-0.2, -0.15) is 0 Å². The Balaban J connectivity index is 1.63. The van der Waals surface area contributed by atoms with E-state index in [-0.39, 0.29) is 5.91 Å². The highest BCUT2D eigenvalue weighted by Crippen LogP contribution is 2.33. The minimum Gasteiger partial charge on any atom is -0.496 e. The molecule has 156 valence electrons. The van der Waals surface area contributed by atoms with Gasteiger partial charge in [0.1, 0.15) is 5.75 Å². The first-order chi connectivity index (χ1) is 14.8. The number of amides is 1. The molecule has 1 fully saturated rings. The van der Waals surface area contributed by atoms with E-state index in [1.165, 1.54) is 24.6 Å². The standard InChI is InChI=1S/C23H26N4O2S/c1-29-20-14-8-7-13-19(20)22-24-25-23(27(22)18-11-5-4-6-12-18)30-17-21(28)26-15-9-2-3-10-16-26/h4-8,11-14H,2-3,9-10,15-17H2,1H3. The molecule has 1 aromatic heterocycles. The van der Waals surface area contributed by atoms with Gasteiger partial charge in [-0.3, -0.25) is 9.36 Å². The Morgan fingerprint density at radius 1 is 0.967 bits per heavy atom. The number of rotatable bonds is 6. The molecule has 30 heavy (non-hydrogen) atoms. The fourth-order valence-electron chi connectivity index (χ4n) is 3.71. The predicted octanol–water partition coefficient (Wildman–Crippen LogP) is 4.44. The maximum absolute atomic E-state index is 12.8. The predicted molar refractivity (Wildman–Crippen MR) is 119 cm³/mol. The third-order valence-electron chi connectivity index (χ3n) is 5.28. The minimum atomic E-state index is 0.170. The summed E-state index contributed by atoms with van der Waals surface area (Å²) in [5, 5.41) is 9.59. The van der Waals surface area contributed by atoms with Gasteiger partial charge in [-0.1, -0.05) is 54.9 Å². The summed E-state index contributed by atoms with van der Waals surface area (Å²) in [6.07, 6.45) is 4.60. The van der Waals surface area contributed by atoms with Crippen LogP contribution in [-0.2, 0) is 4.79 Å². The molecule has 0 radical (unpaired) electrons. The highest BCUT2D eigenvalue weighted by Gasteiger charge is 2.21. The van der Waals surface area contributed by atoms with E-state index < -0.39 is 0 Å². The Labute approximate surface area is 181 Å². The molecular weight excluding hydrogens is 396 g/mol. The van der Waals surface area contributed by atoms with E-state index in [4.69, 9.17) is 4.74 Å². The van der Waals surface area contributed by atoms with Crippen molar-refractivity contribution >= 4 is 17.7 Å². The summed E-state index contributed by atoms with van der Waals surface area (Å²) in [7, 11) is 1.65. The quantitative estimate of drug-likeness (QED) is 0.550. The average Bonchev–Trinajstić information content (AvgIpc) is 3.02. The molecule has 3 aromatic rings. The average molecular weight is 423 g/mol. The summed E-state index contributed by atoms with van der Waals surface area (Å²) in [6, 6.07) is 17.8. The van der Waals surface area contributed by atoms with E-state index in [1.807, 2.05) is 64.1 Å². The van der Waals surface area contributed by atoms with Crippen molar-refractivity contribution < 1.29 is 9.53 Å². The molecule has 0 spiro atoms. The lowest BCUT2D eigenvalue weighted by Crippen LogP contribution is -2.33. The van der Waals surface area contributed by atoms with Gasteiger partial charge in [0.15, 0.2) is 11.0 Å². The van der Waals surface area contributed by atoms with Crippen LogP contribution in [0.3, 0.4) is 0 Å². The molecule has 0 unspecified atom stereocenters. The number of hydrogen-bond donors (Lipinski definition) is 0. The van der Waals surface area contributed by atoms with E-state index in [2.05, 4.69) is 10.2 Å². The molecular formula is C23H26N4O2S. The molecule has 4 rings (SSSR count). The molecule has 6 nitrogen and oxygen atoms in total. The molecule has 0 bridgehead atoms. The van der Waals surface area contributed by atoms with Crippen molar-refractivity contribution in [2.24, 2.45) is 0 Å². The number of carbonyl (C=O) groups is 1. The summed E-state index contributed by atoms with van der Waals surface area (Å²) < 4.78 is 7.54. The summed E-state index contributed by atoms with van der Waals surface area (Å²) in [4.78, 5) is 14.8. The van der Waals surface area contributed by atoms with Crippen LogP contribution in [-0.4, -0.2) is 51.5 Å². The van der Waals surface area contributed by atoms with Gasteiger partial charge in [-0.15, -0.1) is 10.2 Å². The number of benzene rings is 2. The fourth-order valence-corrected chi connectivity index (χ4v) is 4.57. The number of ether oxygens (including phenoxy) is 1. The first kappa shape index (κ1) is 20.5. The second-order valence-electron chi connectivity index (χ2n) is 7.26. The monoisotopic (exact) mass is 422 g/mol. The van der Waals surface area contributed by atoms with E-state index in [1.54, 1.807) is 7.11 Å². The highest BCUT2D eigenvalue weighted by molar-refractivity contribution is 7.99. The van der Waals surface area contributed by atoms with Gasteiger partial charge in [0, 0.05) is 18.8 Å². The molecule has 7 heteroatoms. The van der Waals surface area contributed by atoms with Crippen molar-refractivity contribution in [3.8, 4) is 22.8 Å². The molecule has 1 saturated heterocycles. The van der Waals surface area contributed by atoms with E-state index in [0.717, 1.165) is 42.9 Å². The Kier molecular flexibility index (Phi) is 6.69. The minimum absolute atomic E-state index is 0.170. The van der Waals surface area contributed by atoms with Gasteiger partial charge in [-0.05, 0) is 37.1 Å². The van der Waals surface area contributed by atoms with Crippen LogP contribution in [0.25, 0.3) is 17.1 Å². The molecule has 1 aliphatic rings. The molecule has 0 atom stereocenters. The summed E-state index contributed by atoms with van der Waals surface area (Å²) in [5.74, 6) is 1.96. The lowest BCUT2D eigenvalue weighted by Gasteiger charge is -2.20. The molecule has 0 saturated carbocycles. The Hall–Kier alpha value is -2.80. The van der Waals surface area contributed by atoms with E-state index in [0.29, 0.717) is 16.7 Å². The van der Waals surface area contributed by atoms with Crippen molar-refractivity contribution in [3.05, 3.63) is 54.6 Å². The molecule has 2 aromatic carbocycles. The van der Waals surface area contributed by atoms with Gasteiger partial charge >= 0.3 is 0 Å². The molecule has 0 aliphatic carbocycles. The fraction of sp³-hybridized carbons (Fsp3) is 0.348. The number of likely N-dealkylation sites (tertiary alicyclic amines) is 1. The second-order valence-corrected chi connectivity index (χ2v) is 8.20. The normalized spacial score (nSPS) is 14.4. The second kappa shape index (κ2) is 9.80. The Bertz CT molecular complexity index is 982. The lowest BCUT2D eigenvalue weighted by molar-refractivity contribution is -0.128. The van der Waals surface area contributed by atoms with Crippen molar-refractivity contribution in [3.63, 3.8) is 0 Å². The number of para-hydroxylation sites is 2. The zero-order valence-electron chi connectivity index (χ0n) is 17.2. The number of thioether (sulfide) groups is 1. The number of aromatic nitrogens is 3. The zero-order chi connectivity index (χ0) is 20.8. The first-order valence-corrected chi connectivity index (χ1v) is 11.3. The van der Waals surface area contributed by atoms with Crippen LogP contribution >= 0.6 is 11.8 Å². The summed E-state index contributed by atoms with van der Waals surface area (Å²) >= 11 is 1.44. The SMILES string of the molecule is COc1ccccc1-c1nnc(SCC(=O)N2CCCCCC2)n1-c1ccccc1. The van der Waals surface area contributed by atoms with E-state index in [9.17, 15) is 4.79 Å². The number of nitrogens with zero attached hydrogens (tertiary/aromatic N) is 4. The third kappa shape index (κ3) is 4.51. The third-order valence-corrected chi connectivity index (χ3v) is 6.19. The van der Waals surface area contributed by atoms with Crippen LogP contribution in [0.5, 0.6) is 5.75 Å². The van der Waals surface area contributed by atoms with Crippen LogP contribution in [0, 0.1) is 0 Å². The summed E-state index contributed by atoms with van der Waals surface area (Å²) in [5.41, 5.74) is 1.81. The van der Waals surface area contributed by atoms with Crippen LogP contribution in [0.1, 0.15) is 25.7 Å². The van der Waals surface area contributed by atoms with Gasteiger partial charge in [0.05, 0.1) is 18.4 Å². The smallest absolute Gasteiger partial charge is 0.233 e. The number of methoxy groups -OCH3 is 1. The first-order valence-electron chi connectivity index (χ1n) is 10.3. The maximum Gasteiger partial charge on any atom is 0.233 e. The van der Waals surface area contributed by atoms with Crippen molar-refractivity contribution in [1.82, 2.24) is 19.7 Å². The number of hydrogen-bond acceptors (Lipinski definition) is 5. The topological polar surface area (TPSA) is 60.3 Å². The van der Waals surface area contributed by atoms with Crippen LogP contribution in [0.15, 0.2) is 59.8 Å². The van der Waals surface area contributed by atoms with Gasteiger partial charge in [0.2, 0.25) is 5.91 Å². The van der Waals surface area contributed by atoms with Crippen LogP contribution in [0.4, 0.5) is 0 Å². The van der Waals surface area contributed by atoms with Crippen molar-refractivity contribution in [1.29, 1.82) is 0 Å². The van der Waals surface area contributed by atoms with Gasteiger partial charge in [0.25, 0.3) is 0 Å².